The number of cyclic esters (lactones) is 1. The lowest BCUT2D eigenvalue weighted by Crippen LogP contribution is -2.49. The fourth-order valence-corrected chi connectivity index (χ4v) is 6.82. The van der Waals surface area contributed by atoms with Gasteiger partial charge in [0.2, 0.25) is 0 Å². The fraction of sp³-hybridized carbons (Fsp3) is 0.438. The van der Waals surface area contributed by atoms with Crippen LogP contribution in [0.5, 0.6) is 0 Å². The Morgan fingerprint density at radius 1 is 0.905 bits per heavy atom. The van der Waals surface area contributed by atoms with Crippen molar-refractivity contribution in [3.05, 3.63) is 66.5 Å². The van der Waals surface area contributed by atoms with Gasteiger partial charge in [0, 0.05) is 49.9 Å². The van der Waals surface area contributed by atoms with Crippen molar-refractivity contribution in [3.8, 4) is 11.3 Å². The van der Waals surface area contributed by atoms with Gasteiger partial charge in [0.05, 0.1) is 18.0 Å². The molecule has 4 heterocycles. The Hall–Kier alpha value is -4.02. The minimum absolute atomic E-state index is 0.178. The van der Waals surface area contributed by atoms with Crippen LogP contribution in [0.3, 0.4) is 0 Å². The molecular weight excluding hydrogens is 528 g/mol. The predicted octanol–water partition coefficient (Wildman–Crippen LogP) is 4.37. The van der Waals surface area contributed by atoms with Gasteiger partial charge in [-0.3, -0.25) is 9.80 Å². The van der Waals surface area contributed by atoms with E-state index in [-0.39, 0.29) is 18.2 Å². The molecule has 10 heteroatoms. The van der Waals surface area contributed by atoms with E-state index in [9.17, 15) is 4.79 Å². The van der Waals surface area contributed by atoms with Crippen LogP contribution in [0.1, 0.15) is 37.3 Å². The Balaban J connectivity index is 1.09. The summed E-state index contributed by atoms with van der Waals surface area (Å²) in [4.78, 5) is 28.4. The van der Waals surface area contributed by atoms with Gasteiger partial charge >= 0.3 is 6.09 Å². The molecule has 3 aliphatic rings. The number of carbonyl (C=O) groups excluding carboxylic acids is 1. The van der Waals surface area contributed by atoms with Crippen LogP contribution in [0.25, 0.3) is 22.3 Å². The number of piperazine rings is 1. The Morgan fingerprint density at radius 2 is 1.62 bits per heavy atom. The molecule has 2 aliphatic heterocycles. The summed E-state index contributed by atoms with van der Waals surface area (Å²) < 4.78 is 7.76. The van der Waals surface area contributed by atoms with Crippen molar-refractivity contribution in [2.75, 3.05) is 50.4 Å². The zero-order chi connectivity index (χ0) is 28.6. The molecule has 2 aromatic heterocycles. The molecule has 42 heavy (non-hydrogen) atoms. The van der Waals surface area contributed by atoms with E-state index in [2.05, 4.69) is 43.6 Å². The minimum atomic E-state index is -0.316. The van der Waals surface area contributed by atoms with Crippen molar-refractivity contribution < 1.29 is 9.53 Å². The topological polar surface area (TPSA) is 106 Å². The van der Waals surface area contributed by atoms with E-state index in [0.717, 1.165) is 85.4 Å². The first-order valence-corrected chi connectivity index (χ1v) is 15.1. The fourth-order valence-electron chi connectivity index (χ4n) is 6.82. The molecule has 1 saturated carbocycles. The van der Waals surface area contributed by atoms with E-state index in [4.69, 9.17) is 15.6 Å². The second-order valence-corrected chi connectivity index (χ2v) is 11.9. The third-order valence-electron chi connectivity index (χ3n) is 9.22. The van der Waals surface area contributed by atoms with Crippen molar-refractivity contribution in [3.63, 3.8) is 0 Å². The highest BCUT2D eigenvalue weighted by atomic mass is 16.6. The number of likely N-dealkylation sites (N-methyl/N-ethyl adjacent to an activating group) is 1. The number of hydrogen-bond donors (Lipinski definition) is 1. The van der Waals surface area contributed by atoms with Crippen LogP contribution in [-0.2, 0) is 11.2 Å². The summed E-state index contributed by atoms with van der Waals surface area (Å²) in [6, 6.07) is 18.9. The minimum Gasteiger partial charge on any atom is -0.444 e. The molecule has 2 N–H and O–H groups in total. The van der Waals surface area contributed by atoms with Gasteiger partial charge < -0.3 is 15.4 Å². The van der Waals surface area contributed by atoms with E-state index < -0.39 is 0 Å². The highest BCUT2D eigenvalue weighted by molar-refractivity contribution is 5.98. The summed E-state index contributed by atoms with van der Waals surface area (Å²) >= 11 is 0. The lowest BCUT2D eigenvalue weighted by molar-refractivity contribution is 0.0815. The van der Waals surface area contributed by atoms with Gasteiger partial charge in [0.1, 0.15) is 23.9 Å². The van der Waals surface area contributed by atoms with E-state index in [0.29, 0.717) is 24.8 Å². The molecule has 0 bridgehead atoms. The average molecular weight is 567 g/mol. The molecule has 3 fully saturated rings. The third-order valence-corrected chi connectivity index (χ3v) is 9.22. The van der Waals surface area contributed by atoms with Crippen LogP contribution in [0.15, 0.2) is 60.9 Å². The second kappa shape index (κ2) is 11.3. The van der Waals surface area contributed by atoms with E-state index >= 15 is 0 Å². The number of nitrogens with two attached hydrogens (primary N) is 1. The summed E-state index contributed by atoms with van der Waals surface area (Å²) in [5, 5.41) is 5.89. The van der Waals surface area contributed by atoms with Gasteiger partial charge in [-0.1, -0.05) is 42.5 Å². The number of nitrogens with zero attached hydrogens (tertiary/aromatic N) is 7. The van der Waals surface area contributed by atoms with Gasteiger partial charge in [-0.15, -0.1) is 0 Å². The number of hydrogen-bond acceptors (Lipinski definition) is 8. The van der Waals surface area contributed by atoms with Crippen LogP contribution in [-0.4, -0.2) is 87.6 Å². The van der Waals surface area contributed by atoms with Crippen LogP contribution in [0.2, 0.25) is 0 Å². The van der Waals surface area contributed by atoms with Crippen molar-refractivity contribution in [1.82, 2.24) is 29.5 Å². The second-order valence-electron chi connectivity index (χ2n) is 11.9. The number of amides is 1. The van der Waals surface area contributed by atoms with Crippen molar-refractivity contribution in [2.24, 2.45) is 0 Å². The van der Waals surface area contributed by atoms with E-state index in [1.165, 1.54) is 6.33 Å². The Morgan fingerprint density at radius 3 is 2.36 bits per heavy atom. The molecule has 2 saturated heterocycles. The van der Waals surface area contributed by atoms with E-state index in [1.807, 2.05) is 42.5 Å². The van der Waals surface area contributed by atoms with E-state index in [1.54, 1.807) is 4.90 Å². The Labute approximate surface area is 246 Å². The van der Waals surface area contributed by atoms with Crippen LogP contribution < -0.4 is 10.6 Å². The van der Waals surface area contributed by atoms with Gasteiger partial charge in [0.25, 0.3) is 0 Å². The number of nitrogen functional groups attached to an aromatic ring is 1. The number of aromatic nitrogens is 4. The van der Waals surface area contributed by atoms with Gasteiger partial charge in [0.15, 0.2) is 5.65 Å². The number of benzene rings is 2. The molecule has 1 amide bonds. The van der Waals surface area contributed by atoms with Gasteiger partial charge in [-0.25, -0.2) is 19.4 Å². The number of fused-ring (bicyclic) bond motifs is 1. The molecule has 10 nitrogen and oxygen atoms in total. The molecule has 1 atom stereocenters. The largest absolute Gasteiger partial charge is 0.444 e. The third kappa shape index (κ3) is 5.20. The number of anilines is 2. The lowest BCUT2D eigenvalue weighted by Gasteiger charge is -2.41. The Kier molecular flexibility index (Phi) is 7.25. The van der Waals surface area contributed by atoms with Gasteiger partial charge in [-0.2, -0.15) is 5.10 Å². The summed E-state index contributed by atoms with van der Waals surface area (Å²) in [6.45, 7) is 5.12. The number of carbonyl (C=O) groups is 1. The molecule has 1 unspecified atom stereocenters. The molecule has 0 spiro atoms. The summed E-state index contributed by atoms with van der Waals surface area (Å²) in [7, 11) is 2.21. The SMILES string of the molecule is CN1CCN([C@H]2CC[C@H](n3nc(-c4ccc(N5CC(Cc6ccccc6)OC5=O)cc4)c4c(N)ncnc43)CC2)CC1. The molecule has 4 aromatic rings. The highest BCUT2D eigenvalue weighted by Crippen LogP contribution is 2.37. The van der Waals surface area contributed by atoms with Crippen LogP contribution >= 0.6 is 0 Å². The smallest absolute Gasteiger partial charge is 0.414 e. The highest BCUT2D eigenvalue weighted by Gasteiger charge is 2.33. The summed E-state index contributed by atoms with van der Waals surface area (Å²) in [5.41, 5.74) is 10.9. The number of ether oxygens (including phenoxy) is 1. The number of rotatable bonds is 6. The molecule has 218 valence electrons. The zero-order valence-corrected chi connectivity index (χ0v) is 24.1. The predicted molar refractivity (Wildman–Crippen MR) is 163 cm³/mol. The molecule has 7 rings (SSSR count). The maximum Gasteiger partial charge on any atom is 0.414 e. The molecule has 1 aliphatic carbocycles. The lowest BCUT2D eigenvalue weighted by atomic mass is 9.90. The molecule has 0 radical (unpaired) electrons. The van der Waals surface area contributed by atoms with Gasteiger partial charge in [-0.05, 0) is 50.4 Å². The van der Waals surface area contributed by atoms with Crippen molar-refractivity contribution in [2.45, 2.75) is 50.3 Å². The normalized spacial score (nSPS) is 23.9. The zero-order valence-electron chi connectivity index (χ0n) is 24.1. The first kappa shape index (κ1) is 26.9. The van der Waals surface area contributed by atoms with Crippen LogP contribution in [0.4, 0.5) is 16.3 Å². The summed E-state index contributed by atoms with van der Waals surface area (Å²) in [5.74, 6) is 0.434. The standard InChI is InChI=1S/C32H38N8O2/c1-37-15-17-38(18-16-37)24-11-13-26(14-12-24)40-31-28(30(33)34-21-35-31)29(36-40)23-7-9-25(10-8-23)39-20-27(42-32(39)41)19-22-5-3-2-4-6-22/h2-10,21,24,26-27H,11-20H2,1H3,(H2,33,34,35)/t24-,26-,27?. The van der Waals surface area contributed by atoms with Crippen molar-refractivity contribution >= 4 is 28.6 Å². The monoisotopic (exact) mass is 566 g/mol. The van der Waals surface area contributed by atoms with Crippen LogP contribution in [0, 0.1) is 0 Å². The maximum absolute atomic E-state index is 12.7. The van der Waals surface area contributed by atoms with Crippen molar-refractivity contribution in [1.29, 1.82) is 0 Å². The maximum atomic E-state index is 12.7. The quantitative estimate of drug-likeness (QED) is 0.367. The summed E-state index contributed by atoms with van der Waals surface area (Å²) in [6.07, 6.45) is 6.19. The molecular formula is C32H38N8O2. The average Bonchev–Trinajstić information content (AvgIpc) is 3.59. The Bertz CT molecular complexity index is 1540. The first-order chi connectivity index (χ1) is 20.5. The molecule has 2 aromatic carbocycles. The first-order valence-electron chi connectivity index (χ1n) is 15.1.